The van der Waals surface area contributed by atoms with Crippen LogP contribution in [0.3, 0.4) is 0 Å². The van der Waals surface area contributed by atoms with Crippen LogP contribution in [-0.4, -0.2) is 46.1 Å². The zero-order chi connectivity index (χ0) is 17.3. The molecule has 7 heteroatoms. The van der Waals surface area contributed by atoms with Crippen molar-refractivity contribution in [1.82, 2.24) is 19.9 Å². The number of piperidine rings is 1. The minimum absolute atomic E-state index is 0.257. The Morgan fingerprint density at radius 1 is 1.24 bits per heavy atom. The molecule has 2 N–H and O–H groups in total. The third-order valence-corrected chi connectivity index (χ3v) is 4.19. The third-order valence-electron chi connectivity index (χ3n) is 4.19. The third kappa shape index (κ3) is 5.86. The van der Waals surface area contributed by atoms with Crippen LogP contribution >= 0.6 is 0 Å². The second-order valence-electron chi connectivity index (χ2n) is 6.24. The molecule has 0 spiro atoms. The molecule has 2 aromatic rings. The van der Waals surface area contributed by atoms with Crippen molar-refractivity contribution in [2.24, 2.45) is 0 Å². The molecule has 25 heavy (non-hydrogen) atoms. The van der Waals surface area contributed by atoms with Gasteiger partial charge < -0.3 is 15.0 Å². The normalized spacial score (nSPS) is 15.0. The quantitative estimate of drug-likeness (QED) is 0.714. The number of anilines is 1. The number of aromatic amines is 1. The molecular formula is C18H25N5O2. The van der Waals surface area contributed by atoms with E-state index in [0.29, 0.717) is 25.0 Å². The van der Waals surface area contributed by atoms with Crippen LogP contribution in [0.25, 0.3) is 0 Å². The molecule has 1 fully saturated rings. The number of nitrogens with one attached hydrogen (secondary N) is 2. The molecule has 3 rings (SSSR count). The lowest BCUT2D eigenvalue weighted by atomic mass is 10.1. The van der Waals surface area contributed by atoms with E-state index in [1.807, 2.05) is 12.3 Å². The molecule has 0 amide bonds. The maximum absolute atomic E-state index is 11.1. The molecule has 7 nitrogen and oxygen atoms in total. The fraction of sp³-hybridized carbons (Fsp3) is 0.500. The SMILES string of the molecule is O=c1cc[nH]c(NCCCOc2cc(CN3CCCCC3)ccn2)n1. The fourth-order valence-corrected chi connectivity index (χ4v) is 2.92. The number of hydrogen-bond acceptors (Lipinski definition) is 6. The Morgan fingerprint density at radius 2 is 2.12 bits per heavy atom. The number of nitrogens with zero attached hydrogens (tertiary/aromatic N) is 3. The summed E-state index contributed by atoms with van der Waals surface area (Å²) in [6.07, 6.45) is 8.11. The van der Waals surface area contributed by atoms with Crippen LogP contribution in [0.1, 0.15) is 31.2 Å². The number of aromatic nitrogens is 3. The van der Waals surface area contributed by atoms with Gasteiger partial charge in [-0.3, -0.25) is 9.69 Å². The van der Waals surface area contributed by atoms with Crippen molar-refractivity contribution in [2.45, 2.75) is 32.2 Å². The van der Waals surface area contributed by atoms with E-state index in [1.54, 1.807) is 6.20 Å². The van der Waals surface area contributed by atoms with Gasteiger partial charge in [0.15, 0.2) is 0 Å². The lowest BCUT2D eigenvalue weighted by molar-refractivity contribution is 0.220. The minimum atomic E-state index is -0.257. The molecule has 0 radical (unpaired) electrons. The maximum Gasteiger partial charge on any atom is 0.274 e. The zero-order valence-corrected chi connectivity index (χ0v) is 14.4. The van der Waals surface area contributed by atoms with Crippen molar-refractivity contribution >= 4 is 5.95 Å². The average Bonchev–Trinajstić information content (AvgIpc) is 2.63. The highest BCUT2D eigenvalue weighted by Gasteiger charge is 2.10. The van der Waals surface area contributed by atoms with Gasteiger partial charge in [0.2, 0.25) is 11.8 Å². The Balaban J connectivity index is 1.39. The van der Waals surface area contributed by atoms with Crippen LogP contribution < -0.4 is 15.6 Å². The number of rotatable bonds is 8. The van der Waals surface area contributed by atoms with Gasteiger partial charge in [-0.15, -0.1) is 0 Å². The summed E-state index contributed by atoms with van der Waals surface area (Å²) in [6.45, 7) is 4.55. The van der Waals surface area contributed by atoms with Gasteiger partial charge in [-0.25, -0.2) is 4.98 Å². The lowest BCUT2D eigenvalue weighted by Crippen LogP contribution is -2.29. The highest BCUT2D eigenvalue weighted by Crippen LogP contribution is 2.15. The topological polar surface area (TPSA) is 83.1 Å². The zero-order valence-electron chi connectivity index (χ0n) is 14.4. The van der Waals surface area contributed by atoms with Crippen LogP contribution in [0.15, 0.2) is 35.4 Å². The van der Waals surface area contributed by atoms with Crippen LogP contribution in [0.4, 0.5) is 5.95 Å². The van der Waals surface area contributed by atoms with E-state index in [2.05, 4.69) is 31.2 Å². The number of ether oxygens (including phenoxy) is 1. The van der Waals surface area contributed by atoms with Gasteiger partial charge in [-0.1, -0.05) is 6.42 Å². The minimum Gasteiger partial charge on any atom is -0.478 e. The summed E-state index contributed by atoms with van der Waals surface area (Å²) in [6, 6.07) is 5.47. The van der Waals surface area contributed by atoms with Gasteiger partial charge in [0.05, 0.1) is 6.61 Å². The Hall–Kier alpha value is -2.41. The highest BCUT2D eigenvalue weighted by molar-refractivity contribution is 5.22. The number of hydrogen-bond donors (Lipinski definition) is 2. The summed E-state index contributed by atoms with van der Waals surface area (Å²) in [5, 5.41) is 3.06. The van der Waals surface area contributed by atoms with E-state index in [4.69, 9.17) is 4.74 Å². The van der Waals surface area contributed by atoms with E-state index in [0.717, 1.165) is 13.0 Å². The van der Waals surface area contributed by atoms with Crippen molar-refractivity contribution in [3.05, 3.63) is 46.5 Å². The molecule has 3 heterocycles. The van der Waals surface area contributed by atoms with Gasteiger partial charge in [-0.05, 0) is 44.0 Å². The molecule has 0 unspecified atom stereocenters. The van der Waals surface area contributed by atoms with Crippen LogP contribution in [0.5, 0.6) is 5.88 Å². The van der Waals surface area contributed by atoms with E-state index in [9.17, 15) is 4.79 Å². The summed E-state index contributed by atoms with van der Waals surface area (Å²) < 4.78 is 5.74. The molecule has 0 saturated carbocycles. The van der Waals surface area contributed by atoms with E-state index >= 15 is 0 Å². The Labute approximate surface area is 147 Å². The molecule has 1 aliphatic rings. The lowest BCUT2D eigenvalue weighted by Gasteiger charge is -2.26. The van der Waals surface area contributed by atoms with Crippen LogP contribution in [0.2, 0.25) is 0 Å². The largest absolute Gasteiger partial charge is 0.478 e. The molecule has 0 aromatic carbocycles. The van der Waals surface area contributed by atoms with Crippen molar-refractivity contribution in [3.63, 3.8) is 0 Å². The highest BCUT2D eigenvalue weighted by atomic mass is 16.5. The Morgan fingerprint density at radius 3 is 2.96 bits per heavy atom. The first-order chi connectivity index (χ1) is 12.3. The van der Waals surface area contributed by atoms with E-state index in [1.165, 1.54) is 44.0 Å². The fourth-order valence-electron chi connectivity index (χ4n) is 2.92. The van der Waals surface area contributed by atoms with E-state index in [-0.39, 0.29) is 5.56 Å². The predicted molar refractivity (Wildman–Crippen MR) is 96.8 cm³/mol. The molecular weight excluding hydrogens is 318 g/mol. The van der Waals surface area contributed by atoms with Crippen LogP contribution in [0, 0.1) is 0 Å². The first kappa shape index (κ1) is 17.4. The standard InChI is InChI=1S/C18H25N5O2/c24-16-6-9-21-18(22-16)20-7-4-12-25-17-13-15(5-8-19-17)14-23-10-2-1-3-11-23/h5-6,8-9,13H,1-4,7,10-12,14H2,(H2,20,21,22,24). The summed E-state index contributed by atoms with van der Waals surface area (Å²) in [4.78, 5) is 24.6. The molecule has 134 valence electrons. The second kappa shape index (κ2) is 9.17. The Bertz CT molecular complexity index is 712. The molecule has 0 aliphatic carbocycles. The van der Waals surface area contributed by atoms with Crippen molar-refractivity contribution in [2.75, 3.05) is 31.6 Å². The van der Waals surface area contributed by atoms with Gasteiger partial charge in [0.1, 0.15) is 0 Å². The van der Waals surface area contributed by atoms with E-state index < -0.39 is 0 Å². The summed E-state index contributed by atoms with van der Waals surface area (Å²) in [5.74, 6) is 1.15. The first-order valence-electron chi connectivity index (χ1n) is 8.89. The smallest absolute Gasteiger partial charge is 0.274 e. The van der Waals surface area contributed by atoms with Gasteiger partial charge in [-0.2, -0.15) is 4.98 Å². The predicted octanol–water partition coefficient (Wildman–Crippen LogP) is 2.03. The van der Waals surface area contributed by atoms with Gasteiger partial charge >= 0.3 is 0 Å². The second-order valence-corrected chi connectivity index (χ2v) is 6.24. The molecule has 1 saturated heterocycles. The van der Waals surface area contributed by atoms with Crippen molar-refractivity contribution in [1.29, 1.82) is 0 Å². The monoisotopic (exact) mass is 343 g/mol. The summed E-state index contributed by atoms with van der Waals surface area (Å²) in [7, 11) is 0. The summed E-state index contributed by atoms with van der Waals surface area (Å²) >= 11 is 0. The average molecular weight is 343 g/mol. The maximum atomic E-state index is 11.1. The number of pyridine rings is 1. The van der Waals surface area contributed by atoms with Crippen molar-refractivity contribution < 1.29 is 4.74 Å². The molecule has 2 aromatic heterocycles. The molecule has 1 aliphatic heterocycles. The van der Waals surface area contributed by atoms with Gasteiger partial charge in [0.25, 0.3) is 5.56 Å². The molecule has 0 bridgehead atoms. The summed E-state index contributed by atoms with van der Waals surface area (Å²) in [5.41, 5.74) is 0.989. The van der Waals surface area contributed by atoms with Gasteiger partial charge in [0, 0.05) is 37.6 Å². The first-order valence-corrected chi connectivity index (χ1v) is 8.89. The molecule has 0 atom stereocenters. The Kier molecular flexibility index (Phi) is 6.39. The van der Waals surface area contributed by atoms with Crippen LogP contribution in [-0.2, 0) is 6.54 Å². The number of H-pyrrole nitrogens is 1. The van der Waals surface area contributed by atoms with Crippen molar-refractivity contribution in [3.8, 4) is 5.88 Å². The number of likely N-dealkylation sites (tertiary alicyclic amines) is 1.